The van der Waals surface area contributed by atoms with Crippen molar-refractivity contribution in [2.45, 2.75) is 38.6 Å². The average molecular weight is 336 g/mol. The number of aromatic nitrogens is 1. The molecule has 1 aromatic carbocycles. The van der Waals surface area contributed by atoms with Crippen molar-refractivity contribution >= 4 is 17.2 Å². The fourth-order valence-electron chi connectivity index (χ4n) is 2.10. The van der Waals surface area contributed by atoms with Crippen molar-refractivity contribution in [2.75, 3.05) is 6.61 Å². The molecule has 1 aromatic heterocycles. The molecule has 0 saturated heterocycles. The van der Waals surface area contributed by atoms with Gasteiger partial charge in [0.25, 0.3) is 0 Å². The fourth-order valence-corrected chi connectivity index (χ4v) is 3.01. The van der Waals surface area contributed by atoms with Crippen LogP contribution in [0.1, 0.15) is 43.1 Å². The Hall–Kier alpha value is -1.79. The number of amides is 1. The normalized spacial score (nSPS) is 12.9. The van der Waals surface area contributed by atoms with Gasteiger partial charge in [-0.2, -0.15) is 0 Å². The van der Waals surface area contributed by atoms with E-state index in [2.05, 4.69) is 31.1 Å². The van der Waals surface area contributed by atoms with E-state index >= 15 is 0 Å². The lowest BCUT2D eigenvalue weighted by atomic mass is 9.98. The van der Waals surface area contributed by atoms with Crippen LogP contribution >= 0.6 is 11.3 Å². The van der Waals surface area contributed by atoms with E-state index in [0.717, 1.165) is 5.01 Å². The number of hydrogen-bond acceptors (Lipinski definition) is 4. The molecule has 0 spiro atoms. The number of aliphatic hydroxyl groups excluding tert-OH is 1. The van der Waals surface area contributed by atoms with Crippen LogP contribution in [0.2, 0.25) is 0 Å². The number of aliphatic hydroxyl groups is 1. The number of carbonyl (C=O) groups is 1. The van der Waals surface area contributed by atoms with Gasteiger partial charge in [-0.15, -0.1) is 11.3 Å². The maximum absolute atomic E-state index is 13.3. The van der Waals surface area contributed by atoms with E-state index in [4.69, 9.17) is 0 Å². The molecule has 4 nitrogen and oxygen atoms in total. The summed E-state index contributed by atoms with van der Waals surface area (Å²) in [6.45, 7) is 5.92. The molecule has 1 amide bonds. The first kappa shape index (κ1) is 17.6. The highest BCUT2D eigenvalue weighted by molar-refractivity contribution is 7.09. The number of benzene rings is 1. The minimum atomic E-state index is -0.626. The number of nitrogens with zero attached hydrogens (tertiary/aromatic N) is 1. The zero-order chi connectivity index (χ0) is 17.0. The van der Waals surface area contributed by atoms with Gasteiger partial charge < -0.3 is 10.4 Å². The van der Waals surface area contributed by atoms with Crippen molar-refractivity contribution in [3.05, 3.63) is 51.7 Å². The predicted molar refractivity (Wildman–Crippen MR) is 88.9 cm³/mol. The Morgan fingerprint density at radius 2 is 2.17 bits per heavy atom. The molecule has 2 aromatic rings. The maximum atomic E-state index is 13.3. The molecule has 124 valence electrons. The third-order valence-corrected chi connectivity index (χ3v) is 4.62. The third kappa shape index (κ3) is 4.84. The van der Waals surface area contributed by atoms with Gasteiger partial charge in [0, 0.05) is 10.8 Å². The Morgan fingerprint density at radius 3 is 2.74 bits per heavy atom. The highest BCUT2D eigenvalue weighted by atomic mass is 32.1. The lowest BCUT2D eigenvalue weighted by Crippen LogP contribution is -2.32. The lowest BCUT2D eigenvalue weighted by molar-refractivity contribution is -0.121. The fraction of sp³-hybridized carbons (Fsp3) is 0.412. The summed E-state index contributed by atoms with van der Waals surface area (Å²) in [5.41, 5.74) is 1.19. The van der Waals surface area contributed by atoms with Gasteiger partial charge in [-0.25, -0.2) is 9.37 Å². The van der Waals surface area contributed by atoms with Gasteiger partial charge in [-0.05, 0) is 17.7 Å². The smallest absolute Gasteiger partial charge is 0.226 e. The van der Waals surface area contributed by atoms with Crippen molar-refractivity contribution in [1.29, 1.82) is 0 Å². The summed E-state index contributed by atoms with van der Waals surface area (Å²) in [5.74, 6) is -0.649. The standard InChI is InChI=1S/C17H21FN2O2S/c1-17(2,3)16-19-13(10-23-16)8-15(22)20-14(9-21)11-5-4-6-12(18)7-11/h4-7,10,14,21H,8-9H2,1-3H3,(H,20,22). The van der Waals surface area contributed by atoms with E-state index < -0.39 is 11.9 Å². The largest absolute Gasteiger partial charge is 0.394 e. The van der Waals surface area contributed by atoms with Crippen molar-refractivity contribution < 1.29 is 14.3 Å². The summed E-state index contributed by atoms with van der Waals surface area (Å²) in [6, 6.07) is 5.23. The van der Waals surface area contributed by atoms with Gasteiger partial charge in [-0.3, -0.25) is 4.79 Å². The summed E-state index contributed by atoms with van der Waals surface area (Å²) < 4.78 is 13.3. The molecule has 0 aliphatic heterocycles. The summed E-state index contributed by atoms with van der Waals surface area (Å²) >= 11 is 1.53. The van der Waals surface area contributed by atoms with Crippen molar-refractivity contribution in [3.63, 3.8) is 0 Å². The Kier molecular flexibility index (Phi) is 5.49. The molecule has 1 heterocycles. The zero-order valence-corrected chi connectivity index (χ0v) is 14.3. The van der Waals surface area contributed by atoms with Gasteiger partial charge in [0.1, 0.15) is 5.82 Å². The number of thiazole rings is 1. The van der Waals surface area contributed by atoms with Crippen LogP contribution in [-0.4, -0.2) is 22.6 Å². The SMILES string of the molecule is CC(C)(C)c1nc(CC(=O)NC(CO)c2cccc(F)c2)cs1. The van der Waals surface area contributed by atoms with Gasteiger partial charge in [-0.1, -0.05) is 32.9 Å². The quantitative estimate of drug-likeness (QED) is 0.882. The van der Waals surface area contributed by atoms with Gasteiger partial charge in [0.05, 0.1) is 29.8 Å². The first-order chi connectivity index (χ1) is 10.8. The predicted octanol–water partition coefficient (Wildman–Crippen LogP) is 2.97. The summed E-state index contributed by atoms with van der Waals surface area (Å²) in [6.07, 6.45) is 0.137. The van der Waals surface area contributed by atoms with Crippen LogP contribution in [0.4, 0.5) is 4.39 Å². The minimum absolute atomic E-state index is 0.0470. The molecule has 1 unspecified atom stereocenters. The van der Waals surface area contributed by atoms with Crippen LogP contribution in [0.25, 0.3) is 0 Å². The Bertz CT molecular complexity index is 679. The first-order valence-corrected chi connectivity index (χ1v) is 8.28. The third-order valence-electron chi connectivity index (χ3n) is 3.30. The Balaban J connectivity index is 2.02. The molecule has 0 saturated carbocycles. The lowest BCUT2D eigenvalue weighted by Gasteiger charge is -2.16. The number of hydrogen-bond donors (Lipinski definition) is 2. The van der Waals surface area contributed by atoms with Crippen molar-refractivity contribution in [2.24, 2.45) is 0 Å². The Morgan fingerprint density at radius 1 is 1.43 bits per heavy atom. The topological polar surface area (TPSA) is 62.2 Å². The number of halogens is 1. The summed E-state index contributed by atoms with van der Waals surface area (Å²) in [7, 11) is 0. The van der Waals surface area contributed by atoms with E-state index in [0.29, 0.717) is 11.3 Å². The molecular weight excluding hydrogens is 315 g/mol. The average Bonchev–Trinajstić information content (AvgIpc) is 2.93. The zero-order valence-electron chi connectivity index (χ0n) is 13.5. The highest BCUT2D eigenvalue weighted by Crippen LogP contribution is 2.25. The molecule has 0 radical (unpaired) electrons. The second-order valence-corrected chi connectivity index (χ2v) is 7.29. The minimum Gasteiger partial charge on any atom is -0.394 e. The number of carbonyl (C=O) groups excluding carboxylic acids is 1. The van der Waals surface area contributed by atoms with Crippen molar-refractivity contribution in [3.8, 4) is 0 Å². The molecular formula is C17H21FN2O2S. The number of nitrogens with one attached hydrogen (secondary N) is 1. The molecule has 2 rings (SSSR count). The van der Waals surface area contributed by atoms with E-state index in [1.165, 1.54) is 23.5 Å². The second kappa shape index (κ2) is 7.19. The summed E-state index contributed by atoms with van der Waals surface area (Å²) in [5, 5.41) is 15.0. The monoisotopic (exact) mass is 336 g/mol. The van der Waals surface area contributed by atoms with Crippen LogP contribution < -0.4 is 5.32 Å². The van der Waals surface area contributed by atoms with Crippen LogP contribution in [0, 0.1) is 5.82 Å². The molecule has 2 N–H and O–H groups in total. The van der Waals surface area contributed by atoms with Gasteiger partial charge in [0.2, 0.25) is 5.91 Å². The van der Waals surface area contributed by atoms with Gasteiger partial charge >= 0.3 is 0 Å². The van der Waals surface area contributed by atoms with Crippen LogP contribution in [-0.2, 0) is 16.6 Å². The molecule has 0 aliphatic carbocycles. The molecule has 23 heavy (non-hydrogen) atoms. The maximum Gasteiger partial charge on any atom is 0.226 e. The highest BCUT2D eigenvalue weighted by Gasteiger charge is 2.20. The molecule has 0 fully saturated rings. The molecule has 6 heteroatoms. The van der Waals surface area contributed by atoms with Crippen molar-refractivity contribution in [1.82, 2.24) is 10.3 Å². The van der Waals surface area contributed by atoms with E-state index in [-0.39, 0.29) is 24.3 Å². The van der Waals surface area contributed by atoms with Crippen LogP contribution in [0.15, 0.2) is 29.6 Å². The first-order valence-electron chi connectivity index (χ1n) is 7.40. The van der Waals surface area contributed by atoms with E-state index in [9.17, 15) is 14.3 Å². The molecule has 1 atom stereocenters. The van der Waals surface area contributed by atoms with E-state index in [1.54, 1.807) is 12.1 Å². The second-order valence-electron chi connectivity index (χ2n) is 6.43. The summed E-state index contributed by atoms with van der Waals surface area (Å²) in [4.78, 5) is 16.6. The molecule has 0 aliphatic rings. The van der Waals surface area contributed by atoms with Gasteiger partial charge in [0.15, 0.2) is 0 Å². The van der Waals surface area contributed by atoms with Crippen LogP contribution in [0.3, 0.4) is 0 Å². The Labute approximate surface area is 139 Å². The van der Waals surface area contributed by atoms with Crippen LogP contribution in [0.5, 0.6) is 0 Å². The van der Waals surface area contributed by atoms with E-state index in [1.807, 2.05) is 5.38 Å². The number of rotatable bonds is 5. The molecule has 0 bridgehead atoms.